The lowest BCUT2D eigenvalue weighted by Crippen LogP contribution is -2.40. The molecule has 5 heteroatoms. The van der Waals surface area contributed by atoms with E-state index in [0.717, 1.165) is 36.6 Å². The Morgan fingerprint density at radius 3 is 2.75 bits per heavy atom. The van der Waals surface area contributed by atoms with E-state index in [-0.39, 0.29) is 11.9 Å². The number of para-hydroxylation sites is 1. The number of amides is 1. The average molecular weight is 272 g/mol. The van der Waals surface area contributed by atoms with Crippen molar-refractivity contribution in [2.75, 3.05) is 0 Å². The number of aryl methyl sites for hydroxylation is 1. The fourth-order valence-electron chi connectivity index (χ4n) is 2.90. The molecule has 0 atom stereocenters. The Hall–Kier alpha value is -1.88. The Kier molecular flexibility index (Phi) is 3.44. The predicted molar refractivity (Wildman–Crippen MR) is 78.4 cm³/mol. The van der Waals surface area contributed by atoms with E-state index in [4.69, 9.17) is 5.73 Å². The summed E-state index contributed by atoms with van der Waals surface area (Å²) in [7, 11) is 1.86. The highest BCUT2D eigenvalue weighted by atomic mass is 16.2. The molecule has 0 spiro atoms. The monoisotopic (exact) mass is 272 g/mol. The van der Waals surface area contributed by atoms with Gasteiger partial charge in [-0.05, 0) is 31.7 Å². The van der Waals surface area contributed by atoms with Crippen molar-refractivity contribution < 1.29 is 4.79 Å². The number of nitrogens with one attached hydrogen (secondary N) is 1. The van der Waals surface area contributed by atoms with Gasteiger partial charge in [-0.1, -0.05) is 18.2 Å². The molecule has 0 aliphatic heterocycles. The van der Waals surface area contributed by atoms with Crippen molar-refractivity contribution in [1.82, 2.24) is 15.1 Å². The summed E-state index contributed by atoms with van der Waals surface area (Å²) in [6.07, 6.45) is 3.87. The molecule has 1 amide bonds. The minimum absolute atomic E-state index is 0.0812. The summed E-state index contributed by atoms with van der Waals surface area (Å²) in [6.45, 7) is 0. The molecule has 0 radical (unpaired) electrons. The van der Waals surface area contributed by atoms with E-state index >= 15 is 0 Å². The van der Waals surface area contributed by atoms with Gasteiger partial charge in [-0.25, -0.2) is 0 Å². The molecule has 106 valence electrons. The lowest BCUT2D eigenvalue weighted by atomic mass is 9.92. The van der Waals surface area contributed by atoms with Crippen molar-refractivity contribution in [1.29, 1.82) is 0 Å². The number of fused-ring (bicyclic) bond motifs is 1. The number of rotatable bonds is 2. The molecule has 1 saturated carbocycles. The first-order chi connectivity index (χ1) is 9.65. The van der Waals surface area contributed by atoms with Gasteiger partial charge in [-0.3, -0.25) is 9.48 Å². The zero-order valence-electron chi connectivity index (χ0n) is 11.7. The second-order valence-electron chi connectivity index (χ2n) is 5.57. The topological polar surface area (TPSA) is 72.9 Å². The molecule has 1 aliphatic carbocycles. The van der Waals surface area contributed by atoms with Crippen molar-refractivity contribution in [2.45, 2.75) is 37.8 Å². The first-order valence-corrected chi connectivity index (χ1v) is 7.13. The third-order valence-corrected chi connectivity index (χ3v) is 4.08. The van der Waals surface area contributed by atoms with Crippen LogP contribution in [-0.2, 0) is 7.05 Å². The Balaban J connectivity index is 1.79. The molecule has 5 nitrogen and oxygen atoms in total. The number of hydrogen-bond acceptors (Lipinski definition) is 3. The van der Waals surface area contributed by atoms with Crippen LogP contribution in [0.25, 0.3) is 10.9 Å². The SMILES string of the molecule is Cn1nc(C(=O)NC2CCC(N)CC2)c2ccccc21. The average Bonchev–Trinajstić information content (AvgIpc) is 2.79. The van der Waals surface area contributed by atoms with Crippen molar-refractivity contribution in [3.63, 3.8) is 0 Å². The molecule has 0 unspecified atom stereocenters. The van der Waals surface area contributed by atoms with Gasteiger partial charge in [0, 0.05) is 24.5 Å². The summed E-state index contributed by atoms with van der Waals surface area (Å²) in [6, 6.07) is 8.31. The van der Waals surface area contributed by atoms with E-state index < -0.39 is 0 Å². The summed E-state index contributed by atoms with van der Waals surface area (Å²) in [5.41, 5.74) is 7.38. The zero-order valence-corrected chi connectivity index (χ0v) is 11.7. The molecule has 1 heterocycles. The molecule has 3 N–H and O–H groups in total. The number of nitrogens with two attached hydrogens (primary N) is 1. The van der Waals surface area contributed by atoms with Gasteiger partial charge in [0.2, 0.25) is 0 Å². The third-order valence-electron chi connectivity index (χ3n) is 4.08. The molecular formula is C15H20N4O. The van der Waals surface area contributed by atoms with Gasteiger partial charge in [0.1, 0.15) is 0 Å². The van der Waals surface area contributed by atoms with Crippen molar-refractivity contribution in [3.8, 4) is 0 Å². The highest BCUT2D eigenvalue weighted by Crippen LogP contribution is 2.20. The lowest BCUT2D eigenvalue weighted by Gasteiger charge is -2.26. The fourth-order valence-corrected chi connectivity index (χ4v) is 2.90. The number of carbonyl (C=O) groups excluding carboxylic acids is 1. The van der Waals surface area contributed by atoms with Gasteiger partial charge in [-0.15, -0.1) is 0 Å². The Bertz CT molecular complexity index is 626. The van der Waals surface area contributed by atoms with E-state index in [2.05, 4.69) is 10.4 Å². The quantitative estimate of drug-likeness (QED) is 0.871. The molecule has 2 aromatic rings. The molecule has 1 fully saturated rings. The minimum atomic E-state index is -0.0812. The fraction of sp³-hybridized carbons (Fsp3) is 0.467. The van der Waals surface area contributed by atoms with Crippen LogP contribution in [0.2, 0.25) is 0 Å². The predicted octanol–water partition coefficient (Wildman–Crippen LogP) is 1.57. The summed E-state index contributed by atoms with van der Waals surface area (Å²) in [5.74, 6) is -0.0812. The van der Waals surface area contributed by atoms with Gasteiger partial charge in [-0.2, -0.15) is 5.10 Å². The standard InChI is InChI=1S/C15H20N4O/c1-19-13-5-3-2-4-12(13)14(18-19)15(20)17-11-8-6-10(16)7-9-11/h2-5,10-11H,6-9,16H2,1H3,(H,17,20). The van der Waals surface area contributed by atoms with Gasteiger partial charge in [0.25, 0.3) is 5.91 Å². The Labute approximate surface area is 118 Å². The second kappa shape index (κ2) is 5.25. The van der Waals surface area contributed by atoms with Crippen molar-refractivity contribution in [2.24, 2.45) is 12.8 Å². The molecule has 1 aromatic heterocycles. The van der Waals surface area contributed by atoms with E-state index in [9.17, 15) is 4.79 Å². The van der Waals surface area contributed by atoms with Crippen LogP contribution in [-0.4, -0.2) is 27.8 Å². The first kappa shape index (κ1) is 13.1. The van der Waals surface area contributed by atoms with Crippen LogP contribution in [0.5, 0.6) is 0 Å². The largest absolute Gasteiger partial charge is 0.348 e. The Morgan fingerprint density at radius 1 is 1.30 bits per heavy atom. The lowest BCUT2D eigenvalue weighted by molar-refractivity contribution is 0.0921. The van der Waals surface area contributed by atoms with E-state index in [1.165, 1.54) is 0 Å². The van der Waals surface area contributed by atoms with E-state index in [1.807, 2.05) is 31.3 Å². The number of aromatic nitrogens is 2. The second-order valence-corrected chi connectivity index (χ2v) is 5.57. The normalized spacial score (nSPS) is 22.9. The van der Waals surface area contributed by atoms with Crippen LogP contribution >= 0.6 is 0 Å². The van der Waals surface area contributed by atoms with Crippen LogP contribution in [0, 0.1) is 0 Å². The minimum Gasteiger partial charge on any atom is -0.348 e. The van der Waals surface area contributed by atoms with Crippen molar-refractivity contribution in [3.05, 3.63) is 30.0 Å². The summed E-state index contributed by atoms with van der Waals surface area (Å²) in [4.78, 5) is 12.4. The maximum Gasteiger partial charge on any atom is 0.272 e. The van der Waals surface area contributed by atoms with Crippen molar-refractivity contribution >= 4 is 16.8 Å². The third kappa shape index (κ3) is 2.41. The van der Waals surface area contributed by atoms with Gasteiger partial charge in [0.15, 0.2) is 5.69 Å². The zero-order chi connectivity index (χ0) is 14.1. The molecule has 0 bridgehead atoms. The van der Waals surface area contributed by atoms with E-state index in [1.54, 1.807) is 4.68 Å². The molecule has 3 rings (SSSR count). The van der Waals surface area contributed by atoms with Crippen LogP contribution in [0.15, 0.2) is 24.3 Å². The first-order valence-electron chi connectivity index (χ1n) is 7.13. The smallest absolute Gasteiger partial charge is 0.272 e. The van der Waals surface area contributed by atoms with Crippen LogP contribution in [0.3, 0.4) is 0 Å². The summed E-state index contributed by atoms with van der Waals surface area (Å²) in [5, 5.41) is 8.34. The van der Waals surface area contributed by atoms with Crippen LogP contribution < -0.4 is 11.1 Å². The van der Waals surface area contributed by atoms with Gasteiger partial charge < -0.3 is 11.1 Å². The van der Waals surface area contributed by atoms with Gasteiger partial charge in [0.05, 0.1) is 5.52 Å². The van der Waals surface area contributed by atoms with Crippen LogP contribution in [0.1, 0.15) is 36.2 Å². The molecule has 0 saturated heterocycles. The number of hydrogen-bond donors (Lipinski definition) is 2. The number of nitrogens with zero attached hydrogens (tertiary/aromatic N) is 2. The highest BCUT2D eigenvalue weighted by molar-refractivity contribution is 6.04. The van der Waals surface area contributed by atoms with Crippen LogP contribution in [0.4, 0.5) is 0 Å². The molecule has 1 aliphatic rings. The molecule has 20 heavy (non-hydrogen) atoms. The summed E-state index contributed by atoms with van der Waals surface area (Å²) >= 11 is 0. The maximum absolute atomic E-state index is 12.4. The number of benzene rings is 1. The molecular weight excluding hydrogens is 252 g/mol. The van der Waals surface area contributed by atoms with Gasteiger partial charge >= 0.3 is 0 Å². The maximum atomic E-state index is 12.4. The Morgan fingerprint density at radius 2 is 2.00 bits per heavy atom. The number of carbonyl (C=O) groups is 1. The van der Waals surface area contributed by atoms with E-state index in [0.29, 0.717) is 11.7 Å². The molecule has 1 aromatic carbocycles. The highest BCUT2D eigenvalue weighted by Gasteiger charge is 2.22. The summed E-state index contributed by atoms with van der Waals surface area (Å²) < 4.78 is 1.75.